The maximum absolute atomic E-state index is 12.7. The van der Waals surface area contributed by atoms with E-state index in [2.05, 4.69) is 34.5 Å². The van der Waals surface area contributed by atoms with Crippen molar-refractivity contribution in [1.29, 1.82) is 0 Å². The number of hydrogen-bond donors (Lipinski definition) is 2. The van der Waals surface area contributed by atoms with Gasteiger partial charge in [0.2, 0.25) is 5.91 Å². The maximum atomic E-state index is 12.7. The Bertz CT molecular complexity index is 574. The van der Waals surface area contributed by atoms with Gasteiger partial charge in [0, 0.05) is 58.4 Å². The predicted octanol–water partition coefficient (Wildman–Crippen LogP) is 0.196. The van der Waals surface area contributed by atoms with Crippen LogP contribution in [0.25, 0.3) is 0 Å². The highest BCUT2D eigenvalue weighted by atomic mass is 16.5. The molecule has 0 radical (unpaired) electrons. The van der Waals surface area contributed by atoms with E-state index >= 15 is 0 Å². The minimum Gasteiger partial charge on any atom is -0.374 e. The molecule has 140 valence electrons. The van der Waals surface area contributed by atoms with Gasteiger partial charge in [0.15, 0.2) is 0 Å². The summed E-state index contributed by atoms with van der Waals surface area (Å²) in [6, 6.07) is 0. The summed E-state index contributed by atoms with van der Waals surface area (Å²) < 4.78 is 7.63. The first-order chi connectivity index (χ1) is 12.0. The first-order valence-electron chi connectivity index (χ1n) is 9.34. The van der Waals surface area contributed by atoms with Crippen molar-refractivity contribution in [2.24, 2.45) is 18.9 Å². The van der Waals surface area contributed by atoms with Crippen molar-refractivity contribution in [3.63, 3.8) is 0 Å². The van der Waals surface area contributed by atoms with E-state index in [9.17, 15) is 4.79 Å². The molecule has 2 aliphatic heterocycles. The number of ether oxygens (including phenoxy) is 1. The van der Waals surface area contributed by atoms with Crippen LogP contribution in [0, 0.1) is 11.8 Å². The molecule has 2 N–H and O–H groups in total. The highest BCUT2D eigenvalue weighted by molar-refractivity contribution is 5.80. The highest BCUT2D eigenvalue weighted by Gasteiger charge is 2.35. The highest BCUT2D eigenvalue weighted by Crippen LogP contribution is 2.27. The molecule has 1 amide bonds. The van der Waals surface area contributed by atoms with Crippen molar-refractivity contribution in [2.45, 2.75) is 25.9 Å². The molecule has 7 nitrogen and oxygen atoms in total. The lowest BCUT2D eigenvalue weighted by atomic mass is 9.90. The number of rotatable bonds is 6. The van der Waals surface area contributed by atoms with Crippen molar-refractivity contribution >= 4 is 5.91 Å². The second kappa shape index (κ2) is 8.29. The molecule has 3 atom stereocenters. The van der Waals surface area contributed by atoms with Gasteiger partial charge in [-0.05, 0) is 11.5 Å². The van der Waals surface area contributed by atoms with Gasteiger partial charge in [0.05, 0.1) is 24.8 Å². The summed E-state index contributed by atoms with van der Waals surface area (Å²) in [7, 11) is 1.91. The zero-order valence-corrected chi connectivity index (χ0v) is 15.6. The van der Waals surface area contributed by atoms with Gasteiger partial charge in [-0.2, -0.15) is 5.10 Å². The van der Waals surface area contributed by atoms with Crippen molar-refractivity contribution < 1.29 is 9.53 Å². The molecule has 0 saturated carbocycles. The van der Waals surface area contributed by atoms with Crippen LogP contribution in [0.15, 0.2) is 12.4 Å². The van der Waals surface area contributed by atoms with E-state index in [1.165, 1.54) is 0 Å². The van der Waals surface area contributed by atoms with E-state index in [4.69, 9.17) is 4.74 Å². The van der Waals surface area contributed by atoms with Crippen LogP contribution in [0.2, 0.25) is 0 Å². The van der Waals surface area contributed by atoms with Gasteiger partial charge in [-0.15, -0.1) is 0 Å². The van der Waals surface area contributed by atoms with Gasteiger partial charge in [-0.3, -0.25) is 14.4 Å². The lowest BCUT2D eigenvalue weighted by Crippen LogP contribution is -2.49. The summed E-state index contributed by atoms with van der Waals surface area (Å²) in [6.45, 7) is 10.3. The second-order valence-electron chi connectivity index (χ2n) is 7.71. The summed E-state index contributed by atoms with van der Waals surface area (Å²) in [5.41, 5.74) is 1.13. The fraction of sp³-hybridized carbons (Fsp3) is 0.778. The fourth-order valence-corrected chi connectivity index (χ4v) is 3.87. The fourth-order valence-electron chi connectivity index (χ4n) is 3.87. The molecule has 2 fully saturated rings. The molecule has 1 aromatic rings. The minimum absolute atomic E-state index is 0.0421. The molecule has 1 aromatic heterocycles. The van der Waals surface area contributed by atoms with Crippen molar-refractivity contribution in [3.8, 4) is 0 Å². The molecular formula is C18H31N5O2. The Hall–Kier alpha value is -1.44. The molecule has 3 heterocycles. The standard InChI is InChI=1S/C18H31N5O2/c1-13(2)10-23-4-5-25-15(12-23)7-20-18(24)17-9-19-8-16(17)14-6-21-22(3)11-14/h6,11,13,15-17,19H,4-5,7-10,12H2,1-3H3,(H,20,24)/t15?,16-,17+/m1/s1. The number of nitrogens with zero attached hydrogens (tertiary/aromatic N) is 3. The molecule has 1 unspecified atom stereocenters. The summed E-state index contributed by atoms with van der Waals surface area (Å²) >= 11 is 0. The van der Waals surface area contributed by atoms with Gasteiger partial charge in [-0.25, -0.2) is 0 Å². The Labute approximate surface area is 150 Å². The van der Waals surface area contributed by atoms with Gasteiger partial charge < -0.3 is 15.4 Å². The van der Waals surface area contributed by atoms with Crippen LogP contribution in [-0.4, -0.2) is 72.6 Å². The normalized spacial score (nSPS) is 27.8. The Kier molecular flexibility index (Phi) is 6.09. The zero-order valence-electron chi connectivity index (χ0n) is 15.6. The summed E-state index contributed by atoms with van der Waals surface area (Å²) in [5, 5.41) is 10.7. The largest absolute Gasteiger partial charge is 0.374 e. The average molecular weight is 349 g/mol. The Morgan fingerprint density at radius 2 is 2.32 bits per heavy atom. The number of aryl methyl sites for hydroxylation is 1. The van der Waals surface area contributed by atoms with Crippen LogP contribution in [-0.2, 0) is 16.6 Å². The average Bonchev–Trinajstić information content (AvgIpc) is 3.21. The Morgan fingerprint density at radius 1 is 1.48 bits per heavy atom. The third kappa shape index (κ3) is 4.80. The first kappa shape index (κ1) is 18.4. The van der Waals surface area contributed by atoms with Crippen LogP contribution >= 0.6 is 0 Å². The zero-order chi connectivity index (χ0) is 17.8. The summed E-state index contributed by atoms with van der Waals surface area (Å²) in [5.74, 6) is 0.916. The SMILES string of the molecule is CC(C)CN1CCOC(CNC(=O)[C@H]2CNC[C@@H]2c2cnn(C)c2)C1. The molecule has 0 spiro atoms. The minimum atomic E-state index is -0.0421. The van der Waals surface area contributed by atoms with Gasteiger partial charge in [-0.1, -0.05) is 13.8 Å². The van der Waals surface area contributed by atoms with Crippen LogP contribution < -0.4 is 10.6 Å². The molecule has 0 bridgehead atoms. The maximum Gasteiger partial charge on any atom is 0.225 e. The first-order valence-corrected chi connectivity index (χ1v) is 9.34. The van der Waals surface area contributed by atoms with E-state index in [0.29, 0.717) is 12.5 Å². The molecule has 7 heteroatoms. The van der Waals surface area contributed by atoms with Gasteiger partial charge >= 0.3 is 0 Å². The number of carbonyl (C=O) groups is 1. The number of hydrogen-bond acceptors (Lipinski definition) is 5. The third-order valence-corrected chi connectivity index (χ3v) is 5.05. The van der Waals surface area contributed by atoms with E-state index in [-0.39, 0.29) is 23.8 Å². The molecule has 3 rings (SSSR count). The van der Waals surface area contributed by atoms with E-state index in [1.807, 2.05) is 19.4 Å². The van der Waals surface area contributed by atoms with E-state index in [0.717, 1.165) is 44.9 Å². The van der Waals surface area contributed by atoms with E-state index < -0.39 is 0 Å². The molecule has 25 heavy (non-hydrogen) atoms. The second-order valence-corrected chi connectivity index (χ2v) is 7.71. The quantitative estimate of drug-likeness (QED) is 0.768. The third-order valence-electron chi connectivity index (χ3n) is 5.05. The van der Waals surface area contributed by atoms with Crippen LogP contribution in [0.5, 0.6) is 0 Å². The lowest BCUT2D eigenvalue weighted by Gasteiger charge is -2.34. The molecule has 0 aliphatic carbocycles. The monoisotopic (exact) mass is 349 g/mol. The van der Waals surface area contributed by atoms with E-state index in [1.54, 1.807) is 4.68 Å². The van der Waals surface area contributed by atoms with Crippen molar-refractivity contribution in [1.82, 2.24) is 25.3 Å². The smallest absolute Gasteiger partial charge is 0.225 e. The summed E-state index contributed by atoms with van der Waals surface area (Å²) in [4.78, 5) is 15.1. The molecular weight excluding hydrogens is 318 g/mol. The van der Waals surface area contributed by atoms with Crippen molar-refractivity contribution in [3.05, 3.63) is 18.0 Å². The number of nitrogens with one attached hydrogen (secondary N) is 2. The predicted molar refractivity (Wildman–Crippen MR) is 96.3 cm³/mol. The van der Waals surface area contributed by atoms with Crippen LogP contribution in [0.1, 0.15) is 25.3 Å². The molecule has 0 aromatic carbocycles. The number of aromatic nitrogens is 2. The Balaban J connectivity index is 1.50. The van der Waals surface area contributed by atoms with Crippen molar-refractivity contribution in [2.75, 3.05) is 45.9 Å². The van der Waals surface area contributed by atoms with Gasteiger partial charge in [0.1, 0.15) is 0 Å². The number of carbonyl (C=O) groups excluding carboxylic acids is 1. The summed E-state index contributed by atoms with van der Waals surface area (Å²) in [6.07, 6.45) is 3.96. The number of morpholine rings is 1. The van der Waals surface area contributed by atoms with Crippen LogP contribution in [0.4, 0.5) is 0 Å². The van der Waals surface area contributed by atoms with Crippen LogP contribution in [0.3, 0.4) is 0 Å². The molecule has 2 saturated heterocycles. The lowest BCUT2D eigenvalue weighted by molar-refractivity contribution is -0.126. The Morgan fingerprint density at radius 3 is 3.04 bits per heavy atom. The molecule has 2 aliphatic rings. The number of amides is 1. The van der Waals surface area contributed by atoms with Gasteiger partial charge in [0.25, 0.3) is 0 Å². The topological polar surface area (TPSA) is 71.4 Å².